The van der Waals surface area contributed by atoms with Crippen LogP contribution in [0.3, 0.4) is 0 Å². The number of anilines is 2. The quantitative estimate of drug-likeness (QED) is 0.558. The number of hydrogen-bond donors (Lipinski definition) is 3. The number of hydrogen-bond acceptors (Lipinski definition) is 5. The molecule has 1 heterocycles. The Labute approximate surface area is 175 Å². The van der Waals surface area contributed by atoms with Crippen LogP contribution < -0.4 is 16.0 Å². The molecular formula is C19H33ClN4O3S. The molecule has 0 saturated carbocycles. The minimum atomic E-state index is -3.57. The molecule has 3 N–H and O–H groups in total. The van der Waals surface area contributed by atoms with Gasteiger partial charge in [0, 0.05) is 26.6 Å². The summed E-state index contributed by atoms with van der Waals surface area (Å²) in [5, 5.41) is 9.23. The third-order valence-electron chi connectivity index (χ3n) is 5.12. The first kappa shape index (κ1) is 24.7. The van der Waals surface area contributed by atoms with Gasteiger partial charge in [-0.3, -0.25) is 4.79 Å². The maximum Gasteiger partial charge on any atom is 0.243 e. The fourth-order valence-corrected chi connectivity index (χ4v) is 4.92. The van der Waals surface area contributed by atoms with Gasteiger partial charge in [0.05, 0.1) is 16.3 Å². The van der Waals surface area contributed by atoms with E-state index in [1.807, 2.05) is 13.8 Å². The average Bonchev–Trinajstić information content (AvgIpc) is 2.68. The number of piperidine rings is 1. The summed E-state index contributed by atoms with van der Waals surface area (Å²) < 4.78 is 26.9. The van der Waals surface area contributed by atoms with Crippen molar-refractivity contribution in [1.82, 2.24) is 9.62 Å². The number of halogens is 1. The molecule has 1 amide bonds. The van der Waals surface area contributed by atoms with Crippen LogP contribution in [0.5, 0.6) is 0 Å². The van der Waals surface area contributed by atoms with E-state index >= 15 is 0 Å². The van der Waals surface area contributed by atoms with E-state index in [0.717, 1.165) is 32.4 Å². The Morgan fingerprint density at radius 2 is 1.82 bits per heavy atom. The predicted octanol–water partition coefficient (Wildman–Crippen LogP) is 2.90. The third-order valence-corrected chi connectivity index (χ3v) is 7.16. The van der Waals surface area contributed by atoms with E-state index in [4.69, 9.17) is 0 Å². The molecule has 1 saturated heterocycles. The van der Waals surface area contributed by atoms with Gasteiger partial charge in [-0.15, -0.1) is 12.4 Å². The monoisotopic (exact) mass is 432 g/mol. The normalized spacial score (nSPS) is 15.1. The van der Waals surface area contributed by atoms with Crippen molar-refractivity contribution in [3.63, 3.8) is 0 Å². The van der Waals surface area contributed by atoms with Crippen molar-refractivity contribution >= 4 is 39.7 Å². The molecular weight excluding hydrogens is 400 g/mol. The molecule has 1 fully saturated rings. The Morgan fingerprint density at radius 1 is 1.18 bits per heavy atom. The van der Waals surface area contributed by atoms with Crippen LogP contribution >= 0.6 is 12.4 Å². The second kappa shape index (κ2) is 11.6. The molecule has 1 aromatic carbocycles. The summed E-state index contributed by atoms with van der Waals surface area (Å²) in [4.78, 5) is 12.6. The lowest BCUT2D eigenvalue weighted by molar-refractivity contribution is -0.116. The zero-order valence-electron chi connectivity index (χ0n) is 17.0. The van der Waals surface area contributed by atoms with Gasteiger partial charge in [0.2, 0.25) is 15.9 Å². The molecule has 1 aliphatic heterocycles. The van der Waals surface area contributed by atoms with Gasteiger partial charge in [-0.1, -0.05) is 13.8 Å². The van der Waals surface area contributed by atoms with E-state index in [1.165, 1.54) is 4.31 Å². The van der Waals surface area contributed by atoms with Crippen molar-refractivity contribution in [3.05, 3.63) is 18.2 Å². The fourth-order valence-electron chi connectivity index (χ4n) is 3.44. The highest BCUT2D eigenvalue weighted by molar-refractivity contribution is 7.89. The number of rotatable bonds is 9. The van der Waals surface area contributed by atoms with Crippen LogP contribution in [0.15, 0.2) is 23.1 Å². The van der Waals surface area contributed by atoms with Crippen molar-refractivity contribution in [2.24, 2.45) is 5.92 Å². The van der Waals surface area contributed by atoms with Crippen molar-refractivity contribution in [2.75, 3.05) is 43.9 Å². The van der Waals surface area contributed by atoms with Crippen molar-refractivity contribution < 1.29 is 13.2 Å². The summed E-state index contributed by atoms with van der Waals surface area (Å²) in [7, 11) is -1.82. The van der Waals surface area contributed by atoms with Crippen molar-refractivity contribution in [1.29, 1.82) is 0 Å². The number of sulfonamides is 1. The van der Waals surface area contributed by atoms with E-state index in [1.54, 1.807) is 25.2 Å². The Hall–Kier alpha value is -1.35. The summed E-state index contributed by atoms with van der Waals surface area (Å²) >= 11 is 0. The summed E-state index contributed by atoms with van der Waals surface area (Å²) in [5.74, 6) is 0.498. The molecule has 0 unspecified atom stereocenters. The lowest BCUT2D eigenvalue weighted by Crippen LogP contribution is -2.30. The van der Waals surface area contributed by atoms with Gasteiger partial charge >= 0.3 is 0 Å². The van der Waals surface area contributed by atoms with Gasteiger partial charge in [0.15, 0.2) is 0 Å². The second-order valence-corrected chi connectivity index (χ2v) is 8.76. The molecule has 0 atom stereocenters. The van der Waals surface area contributed by atoms with Gasteiger partial charge in [0.1, 0.15) is 0 Å². The maximum absolute atomic E-state index is 12.8. The van der Waals surface area contributed by atoms with Crippen LogP contribution in [0.4, 0.5) is 11.4 Å². The molecule has 0 aliphatic carbocycles. The van der Waals surface area contributed by atoms with Gasteiger partial charge in [-0.2, -0.15) is 4.31 Å². The summed E-state index contributed by atoms with van der Waals surface area (Å²) in [6.45, 7) is 6.47. The zero-order chi connectivity index (χ0) is 19.9. The van der Waals surface area contributed by atoms with E-state index in [0.29, 0.717) is 36.8 Å². The number of amides is 1. The van der Waals surface area contributed by atoms with Crippen LogP contribution in [0, 0.1) is 5.92 Å². The summed E-state index contributed by atoms with van der Waals surface area (Å²) in [6.07, 6.45) is 3.51. The molecule has 0 radical (unpaired) electrons. The molecule has 1 aliphatic rings. The minimum Gasteiger partial charge on any atom is -0.386 e. The van der Waals surface area contributed by atoms with Crippen LogP contribution in [0.25, 0.3) is 0 Å². The van der Waals surface area contributed by atoms with Crippen molar-refractivity contribution in [2.45, 2.75) is 44.4 Å². The van der Waals surface area contributed by atoms with E-state index in [9.17, 15) is 13.2 Å². The summed E-state index contributed by atoms with van der Waals surface area (Å²) in [5.41, 5.74) is 1.20. The largest absolute Gasteiger partial charge is 0.386 e. The van der Waals surface area contributed by atoms with Gasteiger partial charge in [-0.05, 0) is 56.5 Å². The van der Waals surface area contributed by atoms with E-state index < -0.39 is 10.0 Å². The van der Waals surface area contributed by atoms with Crippen LogP contribution in [0.2, 0.25) is 0 Å². The standard InChI is InChI=1S/C19H32N4O3S.ClH/c1-4-23(5-2)27(25,26)16-7-8-17(20-3)18(14-16)22-19(24)9-6-15-10-12-21-13-11-15;/h7-8,14-15,20-21H,4-6,9-13H2,1-3H3,(H,22,24);1H. The fraction of sp³-hybridized carbons (Fsp3) is 0.632. The Balaban J connectivity index is 0.00000392. The minimum absolute atomic E-state index is 0. The van der Waals surface area contributed by atoms with Crippen LogP contribution in [-0.2, 0) is 14.8 Å². The van der Waals surface area contributed by atoms with E-state index in [-0.39, 0.29) is 23.2 Å². The number of carbonyl (C=O) groups excluding carboxylic acids is 1. The Morgan fingerprint density at radius 3 is 2.39 bits per heavy atom. The number of nitrogens with zero attached hydrogens (tertiary/aromatic N) is 1. The predicted molar refractivity (Wildman–Crippen MR) is 117 cm³/mol. The maximum atomic E-state index is 12.8. The first-order valence-corrected chi connectivity index (χ1v) is 11.2. The first-order valence-electron chi connectivity index (χ1n) is 9.74. The van der Waals surface area contributed by atoms with E-state index in [2.05, 4.69) is 16.0 Å². The molecule has 160 valence electrons. The number of benzene rings is 1. The highest BCUT2D eigenvalue weighted by Gasteiger charge is 2.23. The molecule has 0 spiro atoms. The molecule has 2 rings (SSSR count). The molecule has 7 nitrogen and oxygen atoms in total. The lowest BCUT2D eigenvalue weighted by Gasteiger charge is -2.22. The molecule has 9 heteroatoms. The average molecular weight is 433 g/mol. The Kier molecular flexibility index (Phi) is 10.2. The zero-order valence-corrected chi connectivity index (χ0v) is 18.6. The van der Waals surface area contributed by atoms with Crippen LogP contribution in [-0.4, -0.2) is 51.9 Å². The Bertz CT molecular complexity index is 733. The topological polar surface area (TPSA) is 90.5 Å². The van der Waals surface area contributed by atoms with Gasteiger partial charge in [-0.25, -0.2) is 8.42 Å². The number of nitrogens with one attached hydrogen (secondary N) is 3. The molecule has 28 heavy (non-hydrogen) atoms. The first-order chi connectivity index (χ1) is 12.9. The summed E-state index contributed by atoms with van der Waals surface area (Å²) in [6, 6.07) is 4.81. The number of carbonyl (C=O) groups is 1. The van der Waals surface area contributed by atoms with Gasteiger partial charge < -0.3 is 16.0 Å². The van der Waals surface area contributed by atoms with Crippen molar-refractivity contribution in [3.8, 4) is 0 Å². The van der Waals surface area contributed by atoms with Crippen LogP contribution in [0.1, 0.15) is 39.5 Å². The third kappa shape index (κ3) is 6.34. The molecule has 0 aromatic heterocycles. The SMILES string of the molecule is CCN(CC)S(=O)(=O)c1ccc(NC)c(NC(=O)CCC2CCNCC2)c1.Cl. The smallest absolute Gasteiger partial charge is 0.243 e. The van der Waals surface area contributed by atoms with Gasteiger partial charge in [0.25, 0.3) is 0 Å². The highest BCUT2D eigenvalue weighted by Crippen LogP contribution is 2.27. The molecule has 1 aromatic rings. The highest BCUT2D eigenvalue weighted by atomic mass is 35.5. The molecule has 0 bridgehead atoms. The second-order valence-electron chi connectivity index (χ2n) is 6.83. The lowest BCUT2D eigenvalue weighted by atomic mass is 9.93.